The number of fused-ring (bicyclic) bond motifs is 1. The molecule has 0 unspecified atom stereocenters. The molecule has 0 spiro atoms. The molecule has 0 bridgehead atoms. The van der Waals surface area contributed by atoms with Gasteiger partial charge in [-0.3, -0.25) is 9.78 Å². The lowest BCUT2D eigenvalue weighted by molar-refractivity contribution is 0.314. The Hall–Kier alpha value is -3.16. The summed E-state index contributed by atoms with van der Waals surface area (Å²) in [4.78, 5) is 18.2. The fraction of sp³-hybridized carbons (Fsp3) is 0.0769. The van der Waals surface area contributed by atoms with Crippen molar-refractivity contribution < 1.29 is 14.5 Å². The summed E-state index contributed by atoms with van der Waals surface area (Å²) in [5.74, 6) is 0.466. The molecule has 0 atom stereocenters. The van der Waals surface area contributed by atoms with E-state index in [0.717, 1.165) is 0 Å². The molecule has 0 aliphatic carbocycles. The fourth-order valence-corrected chi connectivity index (χ4v) is 1.77. The number of rotatable bonds is 3. The summed E-state index contributed by atoms with van der Waals surface area (Å²) >= 11 is 0. The van der Waals surface area contributed by atoms with E-state index in [4.69, 9.17) is 4.74 Å². The van der Waals surface area contributed by atoms with Gasteiger partial charge in [-0.25, -0.2) is 9.61 Å². The van der Waals surface area contributed by atoms with E-state index < -0.39 is 5.56 Å². The Morgan fingerprint density at radius 1 is 1.43 bits per heavy atom. The maximum Gasteiger partial charge on any atom is 0.275 e. The minimum Gasteiger partial charge on any atom is -0.507 e. The van der Waals surface area contributed by atoms with Crippen molar-refractivity contribution in [1.29, 1.82) is 0 Å². The molecule has 0 aliphatic rings. The summed E-state index contributed by atoms with van der Waals surface area (Å²) in [5, 5.41) is 17.1. The van der Waals surface area contributed by atoms with E-state index in [0.29, 0.717) is 11.3 Å². The van der Waals surface area contributed by atoms with E-state index in [-0.39, 0.29) is 22.7 Å². The summed E-state index contributed by atoms with van der Waals surface area (Å²) in [6, 6.07) is 6.78. The van der Waals surface area contributed by atoms with Gasteiger partial charge in [0.2, 0.25) is 11.3 Å². The summed E-state index contributed by atoms with van der Waals surface area (Å²) in [6.07, 6.45) is 1.24. The van der Waals surface area contributed by atoms with Crippen LogP contribution in [-0.4, -0.2) is 32.5 Å². The van der Waals surface area contributed by atoms with Gasteiger partial charge in [-0.05, 0) is 22.4 Å². The van der Waals surface area contributed by atoms with Crippen LogP contribution in [-0.2, 0) is 0 Å². The normalized spacial score (nSPS) is 11.8. The number of benzene rings is 1. The largest absolute Gasteiger partial charge is 0.507 e. The Balaban J connectivity index is 2.05. The minimum absolute atomic E-state index is 0.00137. The number of aliphatic hydroxyl groups excluding tert-OH is 1. The molecule has 0 aliphatic heterocycles. The molecular weight excluding hydrogens is 276 g/mol. The first-order valence-electron chi connectivity index (χ1n) is 5.95. The van der Waals surface area contributed by atoms with Gasteiger partial charge in [0, 0.05) is 11.6 Å². The van der Waals surface area contributed by atoms with Crippen LogP contribution in [0.4, 0.5) is 0 Å². The number of aromatic nitrogens is 4. The topological polar surface area (TPSA) is 114 Å². The lowest BCUT2D eigenvalue weighted by atomic mass is 10.1. The van der Waals surface area contributed by atoms with Crippen molar-refractivity contribution in [1.82, 2.24) is 20.3 Å². The highest BCUT2D eigenvalue weighted by Crippen LogP contribution is 2.19. The SMILES string of the molecule is COc1cccc(/C(O)=C/c2nc3nonc3[nH]c2=O)c1. The molecule has 1 aromatic carbocycles. The van der Waals surface area contributed by atoms with E-state index in [1.807, 2.05) is 0 Å². The molecule has 0 amide bonds. The maximum absolute atomic E-state index is 11.8. The van der Waals surface area contributed by atoms with Crippen molar-refractivity contribution in [2.45, 2.75) is 0 Å². The number of aliphatic hydroxyl groups is 1. The fourth-order valence-electron chi connectivity index (χ4n) is 1.77. The quantitative estimate of drug-likeness (QED) is 0.699. The molecule has 2 aromatic heterocycles. The zero-order chi connectivity index (χ0) is 14.8. The summed E-state index contributed by atoms with van der Waals surface area (Å²) in [6.45, 7) is 0. The second kappa shape index (κ2) is 5.08. The molecule has 0 radical (unpaired) electrons. The van der Waals surface area contributed by atoms with Crippen LogP contribution < -0.4 is 10.3 Å². The van der Waals surface area contributed by atoms with Crippen LogP contribution in [0.3, 0.4) is 0 Å². The zero-order valence-electron chi connectivity index (χ0n) is 10.9. The Kier molecular flexibility index (Phi) is 3.11. The van der Waals surface area contributed by atoms with Crippen LogP contribution in [0, 0.1) is 0 Å². The lowest BCUT2D eigenvalue weighted by Gasteiger charge is -2.03. The van der Waals surface area contributed by atoms with Gasteiger partial charge in [0.05, 0.1) is 7.11 Å². The van der Waals surface area contributed by atoms with Crippen molar-refractivity contribution >= 4 is 23.1 Å². The summed E-state index contributed by atoms with van der Waals surface area (Å²) in [7, 11) is 1.53. The molecule has 8 heteroatoms. The van der Waals surface area contributed by atoms with Crippen LogP contribution in [0.1, 0.15) is 11.3 Å². The number of hydrogen-bond acceptors (Lipinski definition) is 7. The first kappa shape index (κ1) is 12.9. The molecule has 3 aromatic rings. The number of H-pyrrole nitrogens is 1. The molecular formula is C13H10N4O4. The van der Waals surface area contributed by atoms with E-state index in [2.05, 4.69) is 24.9 Å². The van der Waals surface area contributed by atoms with Gasteiger partial charge in [-0.2, -0.15) is 0 Å². The van der Waals surface area contributed by atoms with Gasteiger partial charge in [0.1, 0.15) is 17.2 Å². The third-order valence-electron chi connectivity index (χ3n) is 2.80. The van der Waals surface area contributed by atoms with Crippen molar-refractivity contribution in [3.05, 3.63) is 45.9 Å². The van der Waals surface area contributed by atoms with Gasteiger partial charge >= 0.3 is 0 Å². The first-order valence-corrected chi connectivity index (χ1v) is 5.95. The van der Waals surface area contributed by atoms with Crippen LogP contribution in [0.15, 0.2) is 33.7 Å². The smallest absolute Gasteiger partial charge is 0.275 e. The highest BCUT2D eigenvalue weighted by atomic mass is 16.6. The van der Waals surface area contributed by atoms with Crippen molar-refractivity contribution in [3.63, 3.8) is 0 Å². The van der Waals surface area contributed by atoms with Crippen molar-refractivity contribution in [2.24, 2.45) is 0 Å². The Morgan fingerprint density at radius 3 is 3.10 bits per heavy atom. The Morgan fingerprint density at radius 2 is 2.29 bits per heavy atom. The van der Waals surface area contributed by atoms with E-state index in [9.17, 15) is 9.90 Å². The second-order valence-electron chi connectivity index (χ2n) is 4.15. The highest BCUT2D eigenvalue weighted by Gasteiger charge is 2.09. The monoisotopic (exact) mass is 286 g/mol. The molecule has 2 N–H and O–H groups in total. The molecule has 0 saturated carbocycles. The molecule has 0 fully saturated rings. The summed E-state index contributed by atoms with van der Waals surface area (Å²) < 4.78 is 9.54. The average Bonchev–Trinajstić information content (AvgIpc) is 2.94. The van der Waals surface area contributed by atoms with Gasteiger partial charge in [-0.1, -0.05) is 12.1 Å². The number of hydrogen-bond donors (Lipinski definition) is 2. The predicted molar refractivity (Wildman–Crippen MR) is 73.7 cm³/mol. The number of ether oxygens (including phenoxy) is 1. The molecule has 0 saturated heterocycles. The maximum atomic E-state index is 11.8. The van der Waals surface area contributed by atoms with Gasteiger partial charge in [0.25, 0.3) is 5.56 Å². The summed E-state index contributed by atoms with van der Waals surface area (Å²) in [5.41, 5.74) is 0.289. The molecule has 2 heterocycles. The van der Waals surface area contributed by atoms with Crippen LogP contribution in [0.5, 0.6) is 5.75 Å². The number of methoxy groups -OCH3 is 1. The minimum atomic E-state index is -0.507. The predicted octanol–water partition coefficient (Wildman–Crippen LogP) is 1.37. The standard InChI is InChI=1S/C13H10N4O4/c1-20-8-4-2-3-7(5-8)10(18)6-9-13(19)15-12-11(14-9)16-21-17-12/h2-6,18H,1H3,(H,15,17,19)/b10-6-. The van der Waals surface area contributed by atoms with Gasteiger partial charge in [0.15, 0.2) is 0 Å². The first-order chi connectivity index (χ1) is 10.2. The Labute approximate surface area is 117 Å². The van der Waals surface area contributed by atoms with E-state index >= 15 is 0 Å². The number of nitrogens with one attached hydrogen (secondary N) is 1. The number of aromatic amines is 1. The third kappa shape index (κ3) is 2.46. The van der Waals surface area contributed by atoms with Crippen molar-refractivity contribution in [2.75, 3.05) is 7.11 Å². The van der Waals surface area contributed by atoms with Gasteiger partial charge < -0.3 is 9.84 Å². The molecule has 106 valence electrons. The lowest BCUT2D eigenvalue weighted by Crippen LogP contribution is -2.12. The molecule has 21 heavy (non-hydrogen) atoms. The van der Waals surface area contributed by atoms with E-state index in [1.165, 1.54) is 13.2 Å². The number of nitrogens with zero attached hydrogens (tertiary/aromatic N) is 3. The van der Waals surface area contributed by atoms with E-state index in [1.54, 1.807) is 24.3 Å². The average molecular weight is 286 g/mol. The van der Waals surface area contributed by atoms with Crippen LogP contribution in [0.2, 0.25) is 0 Å². The van der Waals surface area contributed by atoms with Crippen molar-refractivity contribution in [3.8, 4) is 5.75 Å². The highest BCUT2D eigenvalue weighted by molar-refractivity contribution is 5.76. The molecule has 3 rings (SSSR count). The van der Waals surface area contributed by atoms with Gasteiger partial charge in [-0.15, -0.1) is 0 Å². The van der Waals surface area contributed by atoms with Crippen LogP contribution >= 0.6 is 0 Å². The second-order valence-corrected chi connectivity index (χ2v) is 4.15. The molecule has 8 nitrogen and oxygen atoms in total. The Bertz CT molecular complexity index is 881. The van der Waals surface area contributed by atoms with Crippen LogP contribution in [0.25, 0.3) is 23.1 Å². The zero-order valence-corrected chi connectivity index (χ0v) is 10.9. The third-order valence-corrected chi connectivity index (χ3v) is 2.80.